The van der Waals surface area contributed by atoms with Crippen LogP contribution in [-0.2, 0) is 28.6 Å². The molecule has 0 aliphatic rings. The molecular formula is C46H86O6. The van der Waals surface area contributed by atoms with Gasteiger partial charge < -0.3 is 14.2 Å². The maximum atomic E-state index is 12.7. The first kappa shape index (κ1) is 50.1. The van der Waals surface area contributed by atoms with Crippen LogP contribution >= 0.6 is 0 Å². The molecule has 0 aromatic rings. The third-order valence-corrected chi connectivity index (χ3v) is 10.0. The van der Waals surface area contributed by atoms with Gasteiger partial charge in [0.25, 0.3) is 0 Å². The zero-order valence-corrected chi connectivity index (χ0v) is 34.8. The maximum absolute atomic E-state index is 12.7. The van der Waals surface area contributed by atoms with Crippen LogP contribution in [0.15, 0.2) is 12.2 Å². The van der Waals surface area contributed by atoms with Crippen LogP contribution in [0.4, 0.5) is 0 Å². The summed E-state index contributed by atoms with van der Waals surface area (Å²) >= 11 is 0. The highest BCUT2D eigenvalue weighted by Gasteiger charge is 2.19. The summed E-state index contributed by atoms with van der Waals surface area (Å²) in [5.74, 6) is -0.904. The van der Waals surface area contributed by atoms with E-state index in [9.17, 15) is 14.4 Å². The molecule has 6 nitrogen and oxygen atoms in total. The molecule has 6 heteroatoms. The summed E-state index contributed by atoms with van der Waals surface area (Å²) in [6.07, 6.45) is 43.4. The Morgan fingerprint density at radius 2 is 0.654 bits per heavy atom. The van der Waals surface area contributed by atoms with E-state index in [0.717, 1.165) is 57.8 Å². The number of carbonyl (C=O) groups excluding carboxylic acids is 3. The predicted octanol–water partition coefficient (Wildman–Crippen LogP) is 14.3. The minimum Gasteiger partial charge on any atom is -0.462 e. The normalized spacial score (nSPS) is 12.0. The molecule has 0 bridgehead atoms. The van der Waals surface area contributed by atoms with Crippen LogP contribution in [0.5, 0.6) is 0 Å². The fraction of sp³-hybridized carbons (Fsp3) is 0.891. The maximum Gasteiger partial charge on any atom is 0.306 e. The van der Waals surface area contributed by atoms with Crippen molar-refractivity contribution in [1.29, 1.82) is 0 Å². The Kier molecular flexibility index (Phi) is 40.4. The molecular weight excluding hydrogens is 649 g/mol. The fourth-order valence-electron chi connectivity index (χ4n) is 6.56. The molecule has 0 aliphatic carbocycles. The minimum atomic E-state index is -0.771. The monoisotopic (exact) mass is 735 g/mol. The Morgan fingerprint density at radius 3 is 1.04 bits per heavy atom. The van der Waals surface area contributed by atoms with Crippen molar-refractivity contribution in [2.24, 2.45) is 0 Å². The third-order valence-electron chi connectivity index (χ3n) is 10.0. The van der Waals surface area contributed by atoms with E-state index < -0.39 is 6.10 Å². The van der Waals surface area contributed by atoms with Gasteiger partial charge in [0.1, 0.15) is 13.2 Å². The summed E-state index contributed by atoms with van der Waals surface area (Å²) in [6, 6.07) is 0. The number of unbranched alkanes of at least 4 members (excludes halogenated alkanes) is 28. The van der Waals surface area contributed by atoms with E-state index in [1.165, 1.54) is 148 Å². The van der Waals surface area contributed by atoms with Crippen molar-refractivity contribution in [2.75, 3.05) is 13.2 Å². The average molecular weight is 735 g/mol. The second-order valence-electron chi connectivity index (χ2n) is 15.3. The topological polar surface area (TPSA) is 78.9 Å². The second kappa shape index (κ2) is 41.9. The van der Waals surface area contributed by atoms with Crippen LogP contribution in [0.2, 0.25) is 0 Å². The molecule has 0 radical (unpaired) electrons. The van der Waals surface area contributed by atoms with Crippen LogP contribution in [0.25, 0.3) is 0 Å². The van der Waals surface area contributed by atoms with E-state index in [2.05, 4.69) is 32.9 Å². The Balaban J connectivity index is 4.33. The fourth-order valence-corrected chi connectivity index (χ4v) is 6.56. The molecule has 0 rings (SSSR count). The van der Waals surface area contributed by atoms with E-state index in [4.69, 9.17) is 14.2 Å². The molecule has 0 heterocycles. The highest BCUT2D eigenvalue weighted by atomic mass is 16.6. The number of carbonyl (C=O) groups is 3. The highest BCUT2D eigenvalue weighted by Crippen LogP contribution is 2.15. The lowest BCUT2D eigenvalue weighted by molar-refractivity contribution is -0.167. The highest BCUT2D eigenvalue weighted by molar-refractivity contribution is 5.71. The van der Waals surface area contributed by atoms with Gasteiger partial charge in [0, 0.05) is 19.3 Å². The molecule has 0 aliphatic heterocycles. The van der Waals surface area contributed by atoms with Crippen molar-refractivity contribution in [2.45, 2.75) is 252 Å². The lowest BCUT2D eigenvalue weighted by atomic mass is 10.0. The largest absolute Gasteiger partial charge is 0.462 e. The van der Waals surface area contributed by atoms with E-state index in [-0.39, 0.29) is 31.1 Å². The first-order valence-corrected chi connectivity index (χ1v) is 22.7. The van der Waals surface area contributed by atoms with Gasteiger partial charge in [-0.3, -0.25) is 14.4 Å². The number of rotatable bonds is 41. The van der Waals surface area contributed by atoms with Crippen LogP contribution in [0, 0.1) is 0 Å². The Morgan fingerprint density at radius 1 is 0.365 bits per heavy atom. The molecule has 0 aromatic heterocycles. The molecule has 0 spiro atoms. The molecule has 1 atom stereocenters. The summed E-state index contributed by atoms with van der Waals surface area (Å²) in [5.41, 5.74) is 0. The standard InChI is InChI=1S/C46H86O6/c1-4-7-10-13-16-19-21-22-23-25-27-30-33-36-39-45(48)51-42-43(41-50-44(47)38-35-32-29-26-18-15-12-9-6-3)52-46(49)40-37-34-31-28-24-20-17-14-11-8-5-2/h26,29,43H,4-25,27-28,30-42H2,1-3H3/b29-26-. The summed E-state index contributed by atoms with van der Waals surface area (Å²) < 4.78 is 16.6. The molecule has 0 saturated carbocycles. The van der Waals surface area contributed by atoms with E-state index >= 15 is 0 Å². The first-order valence-electron chi connectivity index (χ1n) is 22.7. The second-order valence-corrected chi connectivity index (χ2v) is 15.3. The molecule has 0 fully saturated rings. The lowest BCUT2D eigenvalue weighted by Crippen LogP contribution is -2.30. The quantitative estimate of drug-likeness (QED) is 0.0269. The number of hydrogen-bond donors (Lipinski definition) is 0. The van der Waals surface area contributed by atoms with Crippen LogP contribution < -0.4 is 0 Å². The zero-order chi connectivity index (χ0) is 38.0. The third kappa shape index (κ3) is 39.4. The summed E-state index contributed by atoms with van der Waals surface area (Å²) in [4.78, 5) is 37.6. The van der Waals surface area contributed by atoms with Crippen LogP contribution in [0.3, 0.4) is 0 Å². The first-order chi connectivity index (χ1) is 25.5. The van der Waals surface area contributed by atoms with Crippen molar-refractivity contribution in [3.63, 3.8) is 0 Å². The van der Waals surface area contributed by atoms with Gasteiger partial charge in [-0.05, 0) is 38.5 Å². The lowest BCUT2D eigenvalue weighted by Gasteiger charge is -2.18. The van der Waals surface area contributed by atoms with Gasteiger partial charge in [0.2, 0.25) is 0 Å². The molecule has 0 N–H and O–H groups in total. The van der Waals surface area contributed by atoms with Gasteiger partial charge in [0.05, 0.1) is 0 Å². The van der Waals surface area contributed by atoms with Crippen LogP contribution in [-0.4, -0.2) is 37.2 Å². The summed E-state index contributed by atoms with van der Waals surface area (Å²) in [7, 11) is 0. The van der Waals surface area contributed by atoms with Crippen molar-refractivity contribution < 1.29 is 28.6 Å². The Labute approximate surface area is 322 Å². The number of esters is 3. The summed E-state index contributed by atoms with van der Waals surface area (Å²) in [6.45, 7) is 6.58. The van der Waals surface area contributed by atoms with Crippen LogP contribution in [0.1, 0.15) is 245 Å². The summed E-state index contributed by atoms with van der Waals surface area (Å²) in [5, 5.41) is 0. The van der Waals surface area contributed by atoms with Gasteiger partial charge in [-0.2, -0.15) is 0 Å². The van der Waals surface area contributed by atoms with Crippen molar-refractivity contribution >= 4 is 17.9 Å². The minimum absolute atomic E-state index is 0.0739. The smallest absolute Gasteiger partial charge is 0.306 e. The molecule has 0 amide bonds. The number of ether oxygens (including phenoxy) is 3. The van der Waals surface area contributed by atoms with Gasteiger partial charge in [-0.25, -0.2) is 0 Å². The van der Waals surface area contributed by atoms with E-state index in [0.29, 0.717) is 19.3 Å². The molecule has 1 unspecified atom stereocenters. The average Bonchev–Trinajstić information content (AvgIpc) is 3.14. The van der Waals surface area contributed by atoms with Crippen molar-refractivity contribution in [3.05, 3.63) is 12.2 Å². The van der Waals surface area contributed by atoms with Gasteiger partial charge in [-0.1, -0.05) is 200 Å². The van der Waals surface area contributed by atoms with Gasteiger partial charge in [0.15, 0.2) is 6.10 Å². The number of hydrogen-bond acceptors (Lipinski definition) is 6. The number of allylic oxidation sites excluding steroid dienone is 2. The molecule has 52 heavy (non-hydrogen) atoms. The van der Waals surface area contributed by atoms with E-state index in [1.54, 1.807) is 0 Å². The molecule has 0 saturated heterocycles. The SMILES string of the molecule is CCCCCC/C=C\CCCC(=O)OCC(COC(=O)CCCCCCCCCCCCCCCC)OC(=O)CCCCCCCCCCCCC. The Hall–Kier alpha value is -1.85. The van der Waals surface area contributed by atoms with E-state index in [1.807, 2.05) is 0 Å². The molecule has 0 aromatic carbocycles. The van der Waals surface area contributed by atoms with Gasteiger partial charge in [-0.15, -0.1) is 0 Å². The van der Waals surface area contributed by atoms with Gasteiger partial charge >= 0.3 is 17.9 Å². The Bertz CT molecular complexity index is 809. The predicted molar refractivity (Wildman–Crippen MR) is 220 cm³/mol. The van der Waals surface area contributed by atoms with Crippen molar-refractivity contribution in [3.8, 4) is 0 Å². The van der Waals surface area contributed by atoms with Crippen molar-refractivity contribution in [1.82, 2.24) is 0 Å². The zero-order valence-electron chi connectivity index (χ0n) is 34.8. The molecule has 306 valence electrons.